The van der Waals surface area contributed by atoms with Crippen LogP contribution in [0.5, 0.6) is 23.0 Å². The number of piperidine rings is 4. The van der Waals surface area contributed by atoms with Crippen molar-refractivity contribution < 1.29 is 18.9 Å². The van der Waals surface area contributed by atoms with Crippen molar-refractivity contribution in [3.63, 3.8) is 0 Å². The molecule has 4 N–H and O–H groups in total. The summed E-state index contributed by atoms with van der Waals surface area (Å²) in [7, 11) is 0. The molecule has 8 aliphatic heterocycles. The van der Waals surface area contributed by atoms with E-state index in [0.29, 0.717) is 59.2 Å². The maximum Gasteiger partial charge on any atom is 0.131 e. The number of nitrogens with one attached hydrogen (secondary N) is 4. The topological polar surface area (TPSA) is 85.0 Å². The van der Waals surface area contributed by atoms with E-state index in [-0.39, 0.29) is 16.9 Å². The molecule has 7 unspecified atom stereocenters. The smallest absolute Gasteiger partial charge is 0.131 e. The Kier molecular flexibility index (Phi) is 9.07. The molecule has 4 aromatic carbocycles. The Morgan fingerprint density at radius 1 is 0.458 bits per heavy atom. The number of rotatable bonds is 0. The van der Waals surface area contributed by atoms with Gasteiger partial charge in [0.05, 0.1) is 5.41 Å². The third-order valence-corrected chi connectivity index (χ3v) is 22.5. The number of hydrogen-bond donors (Lipinski definition) is 4. The summed E-state index contributed by atoms with van der Waals surface area (Å²) in [5.41, 5.74) is 15.1. The first-order chi connectivity index (χ1) is 35.6. The van der Waals surface area contributed by atoms with Crippen molar-refractivity contribution in [3.8, 4) is 23.0 Å². The van der Waals surface area contributed by atoms with Gasteiger partial charge in [0.1, 0.15) is 47.4 Å². The van der Waals surface area contributed by atoms with Crippen LogP contribution in [0.25, 0.3) is 0 Å². The monoisotopic (exact) mass is 959 g/mol. The highest BCUT2D eigenvalue weighted by Gasteiger charge is 2.64. The lowest BCUT2D eigenvalue weighted by molar-refractivity contribution is 0.00338. The Labute approximate surface area is 425 Å². The normalized spacial score (nSPS) is 41.7. The molecular weight excluding hydrogens is 889 g/mol. The predicted octanol–water partition coefficient (Wildman–Crippen LogP) is 9.09. The number of benzene rings is 4. The van der Waals surface area contributed by atoms with Crippen LogP contribution in [0.2, 0.25) is 0 Å². The standard InChI is InChI=1S/2C16H19NO.C16H17NO.C16H15NO/c4*1-3-10-9-12-11-4-2-6-14-16(11,7-8-17-12)15(10)13(5-1)18-14/h2*1,3,5,11-12,14,17H,2,4,6-9H2;1-5,11-12,14,17H,6-9H2;1-6,12,14,17H,7-9H2/t3*11?,12-,14?,16-;12-,14?,16-/m1111/s1. The third-order valence-electron chi connectivity index (χ3n) is 22.5. The van der Waals surface area contributed by atoms with Crippen LogP contribution in [0.3, 0.4) is 0 Å². The zero-order valence-corrected chi connectivity index (χ0v) is 41.7. The minimum absolute atomic E-state index is 0.148. The molecule has 8 heterocycles. The molecule has 4 aromatic rings. The van der Waals surface area contributed by atoms with Crippen molar-refractivity contribution in [2.24, 2.45) is 17.8 Å². The molecule has 6 fully saturated rings. The molecular formula is C64H70N4O4. The molecule has 8 heteroatoms. The highest BCUT2D eigenvalue weighted by molar-refractivity contribution is 5.64. The van der Waals surface area contributed by atoms with Gasteiger partial charge < -0.3 is 40.2 Å². The fourth-order valence-electron chi connectivity index (χ4n) is 20.2. The van der Waals surface area contributed by atoms with Gasteiger partial charge in [-0.3, -0.25) is 0 Å². The lowest BCUT2D eigenvalue weighted by atomic mass is 9.52. The first kappa shape index (κ1) is 42.5. The minimum Gasteiger partial charge on any atom is -0.489 e. The van der Waals surface area contributed by atoms with E-state index < -0.39 is 0 Å². The summed E-state index contributed by atoms with van der Waals surface area (Å²) < 4.78 is 25.2. The van der Waals surface area contributed by atoms with Gasteiger partial charge in [0.15, 0.2) is 0 Å². The van der Waals surface area contributed by atoms with Gasteiger partial charge in [-0.1, -0.05) is 72.8 Å². The first-order valence-electron chi connectivity index (χ1n) is 28.7. The molecule has 0 radical (unpaired) electrons. The highest BCUT2D eigenvalue weighted by Crippen LogP contribution is 2.64. The van der Waals surface area contributed by atoms with E-state index in [9.17, 15) is 0 Å². The zero-order valence-electron chi connectivity index (χ0n) is 41.7. The molecule has 0 aromatic heterocycles. The van der Waals surface area contributed by atoms with E-state index in [1.165, 1.54) is 118 Å². The van der Waals surface area contributed by atoms with Crippen molar-refractivity contribution in [2.75, 3.05) is 26.2 Å². The fourth-order valence-corrected chi connectivity index (χ4v) is 20.2. The summed E-state index contributed by atoms with van der Waals surface area (Å²) in [6, 6.07) is 29.1. The van der Waals surface area contributed by atoms with Crippen LogP contribution < -0.4 is 40.2 Å². The highest BCUT2D eigenvalue weighted by atomic mass is 16.5. The van der Waals surface area contributed by atoms with Crippen LogP contribution in [0.15, 0.2) is 109 Å². The Hall–Kier alpha value is -4.86. The van der Waals surface area contributed by atoms with Crippen molar-refractivity contribution in [1.82, 2.24) is 21.3 Å². The summed E-state index contributed by atoms with van der Waals surface area (Å²) in [4.78, 5) is 0. The van der Waals surface area contributed by atoms with E-state index in [0.717, 1.165) is 56.4 Å². The van der Waals surface area contributed by atoms with E-state index in [1.54, 1.807) is 33.4 Å². The lowest BCUT2D eigenvalue weighted by Gasteiger charge is -2.55. The van der Waals surface area contributed by atoms with E-state index in [4.69, 9.17) is 18.9 Å². The van der Waals surface area contributed by atoms with Crippen molar-refractivity contribution in [2.45, 2.75) is 167 Å². The van der Waals surface area contributed by atoms with Gasteiger partial charge in [-0.15, -0.1) is 0 Å². The maximum absolute atomic E-state index is 6.35. The zero-order chi connectivity index (χ0) is 47.0. The molecule has 370 valence electrons. The van der Waals surface area contributed by atoms with Gasteiger partial charge in [0.2, 0.25) is 0 Å². The average Bonchev–Trinajstić information content (AvgIpc) is 4.12. The van der Waals surface area contributed by atoms with Crippen LogP contribution in [-0.2, 0) is 47.3 Å². The van der Waals surface area contributed by atoms with E-state index >= 15 is 0 Å². The van der Waals surface area contributed by atoms with Gasteiger partial charge in [0, 0.05) is 75.0 Å². The summed E-state index contributed by atoms with van der Waals surface area (Å²) >= 11 is 0. The van der Waals surface area contributed by atoms with Crippen LogP contribution in [-0.4, -0.2) is 74.8 Å². The molecule has 8 nitrogen and oxygen atoms in total. The molecule has 4 saturated heterocycles. The Morgan fingerprint density at radius 3 is 1.60 bits per heavy atom. The second-order valence-corrected chi connectivity index (χ2v) is 24.9. The molecule has 72 heavy (non-hydrogen) atoms. The van der Waals surface area contributed by atoms with Gasteiger partial charge in [-0.05, 0) is 186 Å². The number of hydrogen-bond acceptors (Lipinski definition) is 8. The van der Waals surface area contributed by atoms with Gasteiger partial charge in [-0.25, -0.2) is 0 Å². The van der Waals surface area contributed by atoms with Crippen molar-refractivity contribution >= 4 is 0 Å². The fraction of sp³-hybridized carbons (Fsp3) is 0.531. The van der Waals surface area contributed by atoms with Gasteiger partial charge in [-0.2, -0.15) is 0 Å². The summed E-state index contributed by atoms with van der Waals surface area (Å²) in [5, 5.41) is 14.9. The second kappa shape index (κ2) is 15.4. The number of allylic oxidation sites excluding steroid dienone is 2. The van der Waals surface area contributed by atoms with Crippen LogP contribution in [0.4, 0.5) is 0 Å². The Balaban J connectivity index is 0.0000000797. The molecule has 8 bridgehead atoms. The van der Waals surface area contributed by atoms with Crippen LogP contribution >= 0.6 is 0 Å². The summed E-state index contributed by atoms with van der Waals surface area (Å²) in [6.45, 7) is 4.59. The predicted molar refractivity (Wildman–Crippen MR) is 280 cm³/mol. The average molecular weight is 959 g/mol. The third kappa shape index (κ3) is 5.38. The SMILES string of the molecule is C1=CC2Oc3cccc4c3[C@@]23CCN[C@H](C4)C3=C1.C1=CC2[C@H]3Cc4cccc5c4[C@@]2(CCN3)C(C1)O5.c1cc2c3c(c1)OC1CCCC4[C@@H](C2)NCC[C@]314.c1cc2c3c(c1)OC1CCCC4[C@@H](C2)NCC[C@]314. The molecule has 8 aliphatic carbocycles. The quantitative estimate of drug-likeness (QED) is 0.130. The first-order valence-corrected chi connectivity index (χ1v) is 28.7. The van der Waals surface area contributed by atoms with Crippen molar-refractivity contribution in [3.05, 3.63) is 153 Å². The van der Waals surface area contributed by atoms with Crippen molar-refractivity contribution in [1.29, 1.82) is 0 Å². The summed E-state index contributed by atoms with van der Waals surface area (Å²) in [6.07, 6.45) is 31.8. The molecule has 16 aliphatic rings. The van der Waals surface area contributed by atoms with E-state index in [2.05, 4.69) is 124 Å². The molecule has 2 saturated carbocycles. The maximum atomic E-state index is 6.35. The van der Waals surface area contributed by atoms with Crippen LogP contribution in [0.1, 0.15) is 115 Å². The minimum atomic E-state index is 0.148. The van der Waals surface area contributed by atoms with E-state index in [1.807, 2.05) is 0 Å². The molecule has 0 amide bonds. The Morgan fingerprint density at radius 2 is 0.972 bits per heavy atom. The van der Waals surface area contributed by atoms with Gasteiger partial charge in [0.25, 0.3) is 0 Å². The molecule has 4 spiro atoms. The van der Waals surface area contributed by atoms with Crippen LogP contribution in [0, 0.1) is 17.8 Å². The summed E-state index contributed by atoms with van der Waals surface area (Å²) in [5.74, 6) is 7.00. The van der Waals surface area contributed by atoms with Gasteiger partial charge >= 0.3 is 0 Å². The molecule has 20 rings (SSSR count). The largest absolute Gasteiger partial charge is 0.489 e. The second-order valence-electron chi connectivity index (χ2n) is 24.9. The number of ether oxygens (including phenoxy) is 4. The Bertz CT molecular complexity index is 2930. The lowest BCUT2D eigenvalue weighted by Crippen LogP contribution is -2.63. The molecule has 15 atom stereocenters.